The average molecular weight is 603 g/mol. The van der Waals surface area contributed by atoms with E-state index in [0.717, 1.165) is 0 Å². The molecule has 0 spiro atoms. The van der Waals surface area contributed by atoms with Crippen LogP contribution in [0.5, 0.6) is 5.75 Å². The first kappa shape index (κ1) is 32.1. The number of likely N-dealkylation sites (N-methyl/N-ethyl adjacent to an activating group) is 1. The molecule has 0 bridgehead atoms. The number of carboxylic acids is 1. The maximum absolute atomic E-state index is 14.1. The molecule has 3 aliphatic carbocycles. The Bertz CT molecular complexity index is 1420. The minimum absolute atomic E-state index is 0.150. The molecule has 0 unspecified atom stereocenters. The summed E-state index contributed by atoms with van der Waals surface area (Å²) in [4.78, 5) is 53.1. The normalized spacial score (nSPS) is 29.2. The van der Waals surface area contributed by atoms with Gasteiger partial charge < -0.3 is 41.7 Å². The molecule has 6 atom stereocenters. The quantitative estimate of drug-likeness (QED) is 0.0923. The Kier molecular flexibility index (Phi) is 8.73. The van der Waals surface area contributed by atoms with E-state index in [9.17, 15) is 44.7 Å². The van der Waals surface area contributed by atoms with Gasteiger partial charge in [0.05, 0.1) is 23.9 Å². The van der Waals surface area contributed by atoms with Crippen molar-refractivity contribution in [2.75, 3.05) is 27.3 Å². The van der Waals surface area contributed by atoms with Crippen molar-refractivity contribution in [3.8, 4) is 5.75 Å². The number of aliphatic hydroxyl groups excluding tert-OH is 2. The van der Waals surface area contributed by atoms with Crippen LogP contribution in [-0.4, -0.2) is 104 Å². The first-order valence-corrected chi connectivity index (χ1v) is 14.0. The molecule has 1 saturated carbocycles. The zero-order valence-electron chi connectivity index (χ0n) is 24.1. The predicted molar refractivity (Wildman–Crippen MR) is 151 cm³/mol. The van der Waals surface area contributed by atoms with E-state index in [4.69, 9.17) is 10.8 Å². The van der Waals surface area contributed by atoms with Gasteiger partial charge in [-0.15, -0.1) is 0 Å². The number of fused-ring (bicyclic) bond motifs is 3. The molecule has 234 valence electrons. The van der Waals surface area contributed by atoms with Gasteiger partial charge in [0, 0.05) is 17.4 Å². The number of carboxylic acid groups (broad SMARTS) is 1. The molecule has 3 aliphatic rings. The number of aliphatic carboxylic acids is 1. The van der Waals surface area contributed by atoms with Crippen molar-refractivity contribution in [2.24, 2.45) is 17.6 Å². The molecule has 1 aromatic carbocycles. The first-order chi connectivity index (χ1) is 20.1. The molecular weight excluding hydrogens is 564 g/mol. The smallest absolute Gasteiger partial charge is 0.320 e. The van der Waals surface area contributed by atoms with Gasteiger partial charge in [-0.25, -0.2) is 0 Å². The van der Waals surface area contributed by atoms with E-state index >= 15 is 0 Å². The number of aromatic hydroxyl groups is 1. The Labute approximate surface area is 247 Å². The van der Waals surface area contributed by atoms with Crippen molar-refractivity contribution < 1.29 is 49.8 Å². The highest BCUT2D eigenvalue weighted by Gasteiger charge is 2.66. The number of Topliss-reactive ketones (excluding diaryl/α,β-unsaturated/α-hetero) is 2. The van der Waals surface area contributed by atoms with Crippen LogP contribution < -0.4 is 16.4 Å². The van der Waals surface area contributed by atoms with Crippen molar-refractivity contribution in [3.63, 3.8) is 0 Å². The van der Waals surface area contributed by atoms with Crippen LogP contribution in [0.15, 0.2) is 35.1 Å². The van der Waals surface area contributed by atoms with Crippen LogP contribution in [0, 0.1) is 11.8 Å². The molecule has 1 aromatic rings. The fourth-order valence-corrected chi connectivity index (χ4v) is 6.54. The van der Waals surface area contributed by atoms with Gasteiger partial charge in [0.2, 0.25) is 5.78 Å². The van der Waals surface area contributed by atoms with Gasteiger partial charge in [0.25, 0.3) is 5.91 Å². The number of nitrogens with two attached hydrogens (primary N) is 1. The number of phenolic OH excluding ortho intramolecular Hbond substituents is 1. The molecule has 4 rings (SSSR count). The Balaban J connectivity index is 1.64. The molecular formula is C29H38N4O10. The standard InChI is InChI=1S/C29H38N4O10/c1-28(42)13-7-6-9-17(34)18(13)22(35)19-14(28)11-15-21(33(2)3)23(36)20(25(38)29(15,43)24(19)37)26(39)32-12-31-10-5-4-8-16(30)27(40)41/h6-7,9,14-16,21,31,34-35,38,42-43H,4-5,8,10-12,30H2,1-3H3,(H,32,39)(H,40,41)/t14-,15-,16-,21-,28+,29-/m0/s1. The van der Waals surface area contributed by atoms with Gasteiger partial charge in [0.15, 0.2) is 11.4 Å². The molecule has 14 nitrogen and oxygen atoms in total. The maximum Gasteiger partial charge on any atom is 0.320 e. The van der Waals surface area contributed by atoms with E-state index < -0.39 is 87.0 Å². The zero-order chi connectivity index (χ0) is 32.0. The number of benzene rings is 1. The van der Waals surface area contributed by atoms with E-state index in [0.29, 0.717) is 19.4 Å². The lowest BCUT2D eigenvalue weighted by Gasteiger charge is -2.53. The number of carbonyl (C=O) groups is 4. The maximum atomic E-state index is 14.1. The highest BCUT2D eigenvalue weighted by Crippen LogP contribution is 2.57. The van der Waals surface area contributed by atoms with Crippen LogP contribution in [0.3, 0.4) is 0 Å². The van der Waals surface area contributed by atoms with E-state index in [1.165, 1.54) is 44.1 Å². The average Bonchev–Trinajstić information content (AvgIpc) is 2.92. The van der Waals surface area contributed by atoms with Crippen LogP contribution >= 0.6 is 0 Å². The van der Waals surface area contributed by atoms with Crippen molar-refractivity contribution in [2.45, 2.75) is 55.9 Å². The molecule has 10 N–H and O–H groups in total. The number of nitrogens with zero attached hydrogens (tertiary/aromatic N) is 1. The van der Waals surface area contributed by atoms with E-state index in [1.807, 2.05) is 0 Å². The summed E-state index contributed by atoms with van der Waals surface area (Å²) in [5.41, 5.74) is -0.436. The van der Waals surface area contributed by atoms with E-state index in [2.05, 4.69) is 10.6 Å². The Morgan fingerprint density at radius 1 is 1.14 bits per heavy atom. The third-order valence-corrected chi connectivity index (χ3v) is 8.81. The van der Waals surface area contributed by atoms with Crippen LogP contribution in [0.4, 0.5) is 0 Å². The molecule has 14 heteroatoms. The number of unbranched alkanes of at least 4 members (excludes halogenated alkanes) is 1. The third kappa shape index (κ3) is 5.18. The Morgan fingerprint density at radius 2 is 1.81 bits per heavy atom. The topological polar surface area (TPSA) is 243 Å². The molecule has 1 fully saturated rings. The lowest BCUT2D eigenvalue weighted by molar-refractivity contribution is -0.159. The van der Waals surface area contributed by atoms with Gasteiger partial charge in [-0.05, 0) is 58.5 Å². The predicted octanol–water partition coefficient (Wildman–Crippen LogP) is -0.611. The van der Waals surface area contributed by atoms with Crippen LogP contribution in [0.1, 0.15) is 43.7 Å². The molecule has 0 radical (unpaired) electrons. The van der Waals surface area contributed by atoms with Gasteiger partial charge in [0.1, 0.15) is 28.9 Å². The first-order valence-electron chi connectivity index (χ1n) is 14.0. The summed E-state index contributed by atoms with van der Waals surface area (Å²) in [6.45, 7) is 1.63. The highest BCUT2D eigenvalue weighted by atomic mass is 16.4. The van der Waals surface area contributed by atoms with E-state index in [1.54, 1.807) is 0 Å². The second-order valence-electron chi connectivity index (χ2n) is 11.7. The zero-order valence-corrected chi connectivity index (χ0v) is 24.1. The van der Waals surface area contributed by atoms with Crippen molar-refractivity contribution >= 4 is 29.2 Å². The molecule has 0 aliphatic heterocycles. The van der Waals surface area contributed by atoms with E-state index in [-0.39, 0.29) is 30.6 Å². The SMILES string of the molecule is CN(C)[C@@H]1C(=O)C(C(=O)NCNCCCC[C@H](N)C(=O)O)=C(O)[C@@]2(O)C(=O)C3=C(O)c4c(O)cccc4[C@@](C)(O)[C@H]3C[C@@H]12. The molecule has 1 amide bonds. The summed E-state index contributed by atoms with van der Waals surface area (Å²) in [5, 5.41) is 70.6. The van der Waals surface area contributed by atoms with Gasteiger partial charge in [-0.1, -0.05) is 18.6 Å². The summed E-state index contributed by atoms with van der Waals surface area (Å²) < 4.78 is 0. The summed E-state index contributed by atoms with van der Waals surface area (Å²) in [6.07, 6.45) is 1.10. The van der Waals surface area contributed by atoms with Gasteiger partial charge in [-0.2, -0.15) is 0 Å². The number of aliphatic hydroxyl groups is 4. The minimum atomic E-state index is -2.80. The van der Waals surface area contributed by atoms with Crippen molar-refractivity contribution in [1.29, 1.82) is 0 Å². The molecule has 43 heavy (non-hydrogen) atoms. The summed E-state index contributed by atoms with van der Waals surface area (Å²) in [6, 6.07) is 1.99. The lowest BCUT2D eigenvalue weighted by Crippen LogP contribution is -2.67. The number of ketones is 2. The number of amides is 1. The second kappa shape index (κ2) is 11.7. The second-order valence-corrected chi connectivity index (χ2v) is 11.7. The van der Waals surface area contributed by atoms with Crippen LogP contribution in [-0.2, 0) is 24.8 Å². The summed E-state index contributed by atoms with van der Waals surface area (Å²) in [7, 11) is 3.02. The number of rotatable bonds is 10. The fourth-order valence-electron chi connectivity index (χ4n) is 6.54. The monoisotopic (exact) mass is 602 g/mol. The molecule has 0 heterocycles. The number of hydrogen-bond acceptors (Lipinski definition) is 12. The summed E-state index contributed by atoms with van der Waals surface area (Å²) in [5.74, 6) is -8.84. The minimum Gasteiger partial charge on any atom is -0.508 e. The molecule has 0 aromatic heterocycles. The fraction of sp³-hybridized carbons (Fsp3) is 0.517. The van der Waals surface area contributed by atoms with Gasteiger partial charge in [-0.3, -0.25) is 29.4 Å². The number of phenols is 1. The third-order valence-electron chi connectivity index (χ3n) is 8.81. The van der Waals surface area contributed by atoms with Crippen molar-refractivity contribution in [1.82, 2.24) is 15.5 Å². The van der Waals surface area contributed by atoms with Gasteiger partial charge >= 0.3 is 5.97 Å². The number of carbonyl (C=O) groups excluding carboxylic acids is 3. The van der Waals surface area contributed by atoms with Crippen molar-refractivity contribution in [3.05, 3.63) is 46.2 Å². The Morgan fingerprint density at radius 3 is 2.44 bits per heavy atom. The Hall–Kier alpha value is -3.82. The largest absolute Gasteiger partial charge is 0.508 e. The number of hydrogen-bond donors (Lipinski definition) is 9. The molecule has 0 saturated heterocycles. The highest BCUT2D eigenvalue weighted by molar-refractivity contribution is 6.25. The van der Waals surface area contributed by atoms with Crippen LogP contribution in [0.2, 0.25) is 0 Å². The summed E-state index contributed by atoms with van der Waals surface area (Å²) >= 11 is 0. The number of nitrogens with one attached hydrogen (secondary N) is 2. The van der Waals surface area contributed by atoms with Crippen LogP contribution in [0.25, 0.3) is 5.76 Å². The lowest BCUT2D eigenvalue weighted by atomic mass is 9.54.